The number of fused-ring (bicyclic) bond motifs is 2. The maximum absolute atomic E-state index is 10.7. The van der Waals surface area contributed by atoms with Crippen LogP contribution < -0.4 is 10.6 Å². The van der Waals surface area contributed by atoms with Gasteiger partial charge in [-0.05, 0) is 43.1 Å². The van der Waals surface area contributed by atoms with Gasteiger partial charge in [0, 0.05) is 25.7 Å². The summed E-state index contributed by atoms with van der Waals surface area (Å²) < 4.78 is 0. The zero-order chi connectivity index (χ0) is 14.3. The summed E-state index contributed by atoms with van der Waals surface area (Å²) in [6, 6.07) is 4.75. The number of nitrogens with two attached hydrogens (primary N) is 1. The molecule has 1 aromatic carbocycles. The van der Waals surface area contributed by atoms with Gasteiger partial charge < -0.3 is 10.6 Å². The molecule has 0 amide bonds. The van der Waals surface area contributed by atoms with Crippen molar-refractivity contribution >= 4 is 17.1 Å². The number of hydrogen-bond acceptors (Lipinski definition) is 4. The average Bonchev–Trinajstić information content (AvgIpc) is 3.00. The number of rotatable bonds is 4. The van der Waals surface area contributed by atoms with Crippen LogP contribution in [0.4, 0.5) is 17.1 Å². The van der Waals surface area contributed by atoms with Crippen molar-refractivity contribution in [1.29, 1.82) is 0 Å². The monoisotopic (exact) mass is 275 g/mol. The van der Waals surface area contributed by atoms with Crippen molar-refractivity contribution in [2.24, 2.45) is 17.8 Å². The van der Waals surface area contributed by atoms with Crippen molar-refractivity contribution in [1.82, 2.24) is 0 Å². The van der Waals surface area contributed by atoms with Crippen molar-refractivity contribution in [2.45, 2.75) is 25.7 Å². The number of nitro benzene ring substituents is 1. The molecule has 0 spiro atoms. The Hall–Kier alpha value is -1.78. The van der Waals surface area contributed by atoms with E-state index in [1.54, 1.807) is 6.07 Å². The molecule has 2 fully saturated rings. The lowest BCUT2D eigenvalue weighted by Crippen LogP contribution is -2.29. The van der Waals surface area contributed by atoms with Gasteiger partial charge in [0.2, 0.25) is 0 Å². The number of nitrogens with zero attached hydrogens (tertiary/aromatic N) is 2. The van der Waals surface area contributed by atoms with Crippen molar-refractivity contribution < 1.29 is 4.92 Å². The summed E-state index contributed by atoms with van der Waals surface area (Å²) in [5, 5.41) is 10.7. The first-order valence-corrected chi connectivity index (χ1v) is 7.29. The van der Waals surface area contributed by atoms with E-state index in [9.17, 15) is 10.1 Å². The van der Waals surface area contributed by atoms with E-state index in [-0.39, 0.29) is 5.69 Å². The van der Waals surface area contributed by atoms with Crippen LogP contribution in [-0.2, 0) is 0 Å². The van der Waals surface area contributed by atoms with Gasteiger partial charge in [-0.25, -0.2) is 0 Å². The number of nitrogen functional groups attached to an aromatic ring is 1. The van der Waals surface area contributed by atoms with E-state index < -0.39 is 4.92 Å². The molecule has 2 aliphatic carbocycles. The molecule has 20 heavy (non-hydrogen) atoms. The highest BCUT2D eigenvalue weighted by atomic mass is 16.6. The largest absolute Gasteiger partial charge is 0.397 e. The van der Waals surface area contributed by atoms with Gasteiger partial charge in [0.05, 0.1) is 16.3 Å². The molecule has 1 aromatic rings. The van der Waals surface area contributed by atoms with Crippen LogP contribution in [0.15, 0.2) is 18.2 Å². The molecule has 0 heterocycles. The Labute approximate surface area is 118 Å². The Bertz CT molecular complexity index is 532. The van der Waals surface area contributed by atoms with Gasteiger partial charge in [-0.2, -0.15) is 0 Å². The molecule has 3 rings (SSSR count). The van der Waals surface area contributed by atoms with E-state index in [1.807, 2.05) is 7.05 Å². The molecule has 108 valence electrons. The SMILES string of the molecule is CN(CC1CC2CCC1C2)c1ccc([N+](=O)[O-])cc1N. The normalized spacial score (nSPS) is 27.8. The maximum Gasteiger partial charge on any atom is 0.271 e. The average molecular weight is 275 g/mol. The second-order valence-corrected chi connectivity index (χ2v) is 6.32. The highest BCUT2D eigenvalue weighted by Gasteiger charge is 2.39. The molecule has 0 aliphatic heterocycles. The predicted octanol–water partition coefficient (Wildman–Crippen LogP) is 3.05. The third-order valence-electron chi connectivity index (χ3n) is 5.03. The Balaban J connectivity index is 1.71. The Kier molecular flexibility index (Phi) is 3.28. The first kappa shape index (κ1) is 13.2. The standard InChI is InChI=1S/C15H21N3O2/c1-17(9-12-7-10-2-3-11(12)6-10)15-5-4-13(18(19)20)8-14(15)16/h4-5,8,10-12H,2-3,6-7,9,16H2,1H3. The molecule has 0 aromatic heterocycles. The highest BCUT2D eigenvalue weighted by Crippen LogP contribution is 2.48. The van der Waals surface area contributed by atoms with Crippen LogP contribution in [-0.4, -0.2) is 18.5 Å². The molecule has 3 atom stereocenters. The van der Waals surface area contributed by atoms with Gasteiger partial charge in [-0.1, -0.05) is 6.42 Å². The Morgan fingerprint density at radius 2 is 2.20 bits per heavy atom. The molecule has 3 unspecified atom stereocenters. The third-order valence-corrected chi connectivity index (χ3v) is 5.03. The van der Waals surface area contributed by atoms with Gasteiger partial charge in [-0.3, -0.25) is 10.1 Å². The van der Waals surface area contributed by atoms with Gasteiger partial charge in [0.1, 0.15) is 0 Å². The summed E-state index contributed by atoms with van der Waals surface area (Å²) in [7, 11) is 2.03. The van der Waals surface area contributed by atoms with Gasteiger partial charge in [-0.15, -0.1) is 0 Å². The fraction of sp³-hybridized carbons (Fsp3) is 0.600. The van der Waals surface area contributed by atoms with Crippen LogP contribution in [0.3, 0.4) is 0 Å². The van der Waals surface area contributed by atoms with Crippen LogP contribution in [0.1, 0.15) is 25.7 Å². The molecule has 5 heteroatoms. The number of hydrogen-bond donors (Lipinski definition) is 1. The lowest BCUT2D eigenvalue weighted by Gasteiger charge is -2.29. The molecule has 2 saturated carbocycles. The van der Waals surface area contributed by atoms with E-state index in [0.29, 0.717) is 5.69 Å². The predicted molar refractivity (Wildman–Crippen MR) is 79.7 cm³/mol. The van der Waals surface area contributed by atoms with E-state index in [1.165, 1.54) is 37.8 Å². The highest BCUT2D eigenvalue weighted by molar-refractivity contribution is 5.70. The van der Waals surface area contributed by atoms with E-state index in [4.69, 9.17) is 5.73 Å². The molecule has 2 bridgehead atoms. The summed E-state index contributed by atoms with van der Waals surface area (Å²) in [5.74, 6) is 2.57. The summed E-state index contributed by atoms with van der Waals surface area (Å²) in [6.07, 6.45) is 5.51. The van der Waals surface area contributed by atoms with Crippen LogP contribution in [0.25, 0.3) is 0 Å². The fourth-order valence-electron chi connectivity index (χ4n) is 4.05. The molecule has 5 nitrogen and oxygen atoms in total. The van der Waals surface area contributed by atoms with Crippen molar-refractivity contribution in [3.05, 3.63) is 28.3 Å². The molecular formula is C15H21N3O2. The first-order valence-electron chi connectivity index (χ1n) is 7.29. The topological polar surface area (TPSA) is 72.4 Å². The Morgan fingerprint density at radius 3 is 2.75 bits per heavy atom. The smallest absolute Gasteiger partial charge is 0.271 e. The Morgan fingerprint density at radius 1 is 1.40 bits per heavy atom. The lowest BCUT2D eigenvalue weighted by atomic mass is 9.88. The molecule has 2 N–H and O–H groups in total. The van der Waals surface area contributed by atoms with Gasteiger partial charge in [0.25, 0.3) is 5.69 Å². The summed E-state index contributed by atoms with van der Waals surface area (Å²) in [6.45, 7) is 1.00. The first-order chi connectivity index (χ1) is 9.54. The summed E-state index contributed by atoms with van der Waals surface area (Å²) >= 11 is 0. The summed E-state index contributed by atoms with van der Waals surface area (Å²) in [5.41, 5.74) is 7.41. The maximum atomic E-state index is 10.7. The van der Waals surface area contributed by atoms with E-state index >= 15 is 0 Å². The number of benzene rings is 1. The second-order valence-electron chi connectivity index (χ2n) is 6.32. The number of nitro groups is 1. The third kappa shape index (κ3) is 2.32. The number of non-ortho nitro benzene ring substituents is 1. The summed E-state index contributed by atoms with van der Waals surface area (Å²) in [4.78, 5) is 12.5. The van der Waals surface area contributed by atoms with Gasteiger partial charge in [0.15, 0.2) is 0 Å². The zero-order valence-electron chi connectivity index (χ0n) is 11.8. The minimum Gasteiger partial charge on any atom is -0.397 e. The minimum atomic E-state index is -0.407. The van der Waals surface area contributed by atoms with Crippen molar-refractivity contribution in [2.75, 3.05) is 24.2 Å². The fourth-order valence-corrected chi connectivity index (χ4v) is 4.05. The van der Waals surface area contributed by atoms with Crippen LogP contribution >= 0.6 is 0 Å². The van der Waals surface area contributed by atoms with Crippen molar-refractivity contribution in [3.8, 4) is 0 Å². The quantitative estimate of drug-likeness (QED) is 0.521. The second kappa shape index (κ2) is 4.96. The van der Waals surface area contributed by atoms with Crippen LogP contribution in [0.2, 0.25) is 0 Å². The van der Waals surface area contributed by atoms with Crippen LogP contribution in [0.5, 0.6) is 0 Å². The molecule has 0 radical (unpaired) electrons. The van der Waals surface area contributed by atoms with Crippen molar-refractivity contribution in [3.63, 3.8) is 0 Å². The minimum absolute atomic E-state index is 0.0552. The van der Waals surface area contributed by atoms with Crippen LogP contribution in [0, 0.1) is 27.9 Å². The van der Waals surface area contributed by atoms with E-state index in [0.717, 1.165) is 30.0 Å². The van der Waals surface area contributed by atoms with E-state index in [2.05, 4.69) is 4.90 Å². The molecule has 0 saturated heterocycles. The van der Waals surface area contributed by atoms with Gasteiger partial charge >= 0.3 is 0 Å². The molecular weight excluding hydrogens is 254 g/mol. The number of anilines is 2. The lowest BCUT2D eigenvalue weighted by molar-refractivity contribution is -0.384. The zero-order valence-corrected chi connectivity index (χ0v) is 11.8. The molecule has 2 aliphatic rings.